The van der Waals surface area contributed by atoms with Gasteiger partial charge in [-0.05, 0) is 55.5 Å². The molecule has 0 aliphatic heterocycles. The summed E-state index contributed by atoms with van der Waals surface area (Å²) in [6.07, 6.45) is 7.62. The van der Waals surface area contributed by atoms with Crippen LogP contribution in [0.3, 0.4) is 0 Å². The van der Waals surface area contributed by atoms with Crippen molar-refractivity contribution in [1.29, 1.82) is 0 Å². The lowest BCUT2D eigenvalue weighted by atomic mass is 9.67. The van der Waals surface area contributed by atoms with Crippen molar-refractivity contribution in [2.24, 2.45) is 16.7 Å². The van der Waals surface area contributed by atoms with Crippen molar-refractivity contribution in [2.45, 2.75) is 70.6 Å². The van der Waals surface area contributed by atoms with Gasteiger partial charge in [-0.25, -0.2) is 0 Å². The van der Waals surface area contributed by atoms with Gasteiger partial charge in [0, 0.05) is 10.3 Å². The Balaban J connectivity index is 1.88. The number of hydrogen-bond donors (Lipinski definition) is 1. The third-order valence-corrected chi connectivity index (χ3v) is 8.00. The molecule has 3 nitrogen and oxygen atoms in total. The van der Waals surface area contributed by atoms with Crippen LogP contribution in [-0.4, -0.2) is 11.0 Å². The Morgan fingerprint density at radius 2 is 1.70 bits per heavy atom. The van der Waals surface area contributed by atoms with E-state index in [0.29, 0.717) is 26.5 Å². The highest BCUT2D eigenvalue weighted by molar-refractivity contribution is 8.13. The van der Waals surface area contributed by atoms with Gasteiger partial charge in [0.2, 0.25) is 5.91 Å². The van der Waals surface area contributed by atoms with Crippen molar-refractivity contribution in [1.82, 2.24) is 0 Å². The highest BCUT2D eigenvalue weighted by Crippen LogP contribution is 2.53. The molecule has 148 valence electrons. The fourth-order valence-corrected chi connectivity index (χ4v) is 5.64. The minimum atomic E-state index is -0.489. The van der Waals surface area contributed by atoms with Crippen molar-refractivity contribution in [3.8, 4) is 0 Å². The van der Waals surface area contributed by atoms with Gasteiger partial charge in [-0.3, -0.25) is 9.59 Å². The summed E-state index contributed by atoms with van der Waals surface area (Å²) < 4.78 is 0. The molecule has 27 heavy (non-hydrogen) atoms. The summed E-state index contributed by atoms with van der Waals surface area (Å²) in [4.78, 5) is 26.5. The van der Waals surface area contributed by atoms with Crippen LogP contribution in [0.1, 0.15) is 65.7 Å². The van der Waals surface area contributed by atoms with E-state index in [9.17, 15) is 9.59 Å². The lowest BCUT2D eigenvalue weighted by Crippen LogP contribution is -2.41. The molecule has 1 aromatic carbocycles. The molecule has 0 saturated heterocycles. The zero-order valence-electron chi connectivity index (χ0n) is 16.2. The van der Waals surface area contributed by atoms with Crippen molar-refractivity contribution < 1.29 is 9.59 Å². The minimum absolute atomic E-state index is 0.0194. The standard InChI is InChI=1S/C21H27Cl2NO2S/c1-20(2,3)19(26)27-17-12-15(23)14(22)11-16(17)24-18(25)21-9-5-4-7-13(21)8-6-10-21/h11-13H,4-10H2,1-3H3,(H,24,25)/t13-,21+/m1/s1. The maximum absolute atomic E-state index is 13.3. The molecule has 2 aliphatic carbocycles. The summed E-state index contributed by atoms with van der Waals surface area (Å²) in [6, 6.07) is 3.35. The molecule has 1 amide bonds. The molecule has 2 saturated carbocycles. The Morgan fingerprint density at radius 3 is 2.41 bits per heavy atom. The predicted octanol–water partition coefficient (Wildman–Crippen LogP) is 6.96. The minimum Gasteiger partial charge on any atom is -0.325 e. The summed E-state index contributed by atoms with van der Waals surface area (Å²) in [5, 5.41) is 3.89. The van der Waals surface area contributed by atoms with Gasteiger partial charge in [-0.2, -0.15) is 0 Å². The number of thioether (sulfide) groups is 1. The van der Waals surface area contributed by atoms with E-state index in [1.807, 2.05) is 20.8 Å². The van der Waals surface area contributed by atoms with Gasteiger partial charge in [0.25, 0.3) is 0 Å². The first kappa shape index (κ1) is 21.0. The van der Waals surface area contributed by atoms with Crippen molar-refractivity contribution in [3.05, 3.63) is 22.2 Å². The number of fused-ring (bicyclic) bond motifs is 1. The first-order valence-corrected chi connectivity index (χ1v) is 11.2. The first-order valence-electron chi connectivity index (χ1n) is 9.66. The molecule has 0 bridgehead atoms. The normalized spacial score (nSPS) is 25.1. The highest BCUT2D eigenvalue weighted by Gasteiger charge is 2.49. The van der Waals surface area contributed by atoms with Gasteiger partial charge in [0.05, 0.1) is 21.1 Å². The number of hydrogen-bond acceptors (Lipinski definition) is 3. The van der Waals surface area contributed by atoms with E-state index in [0.717, 1.165) is 50.3 Å². The molecule has 2 aliphatic rings. The van der Waals surface area contributed by atoms with E-state index in [-0.39, 0.29) is 16.4 Å². The van der Waals surface area contributed by atoms with E-state index < -0.39 is 5.41 Å². The van der Waals surface area contributed by atoms with E-state index in [1.54, 1.807) is 12.1 Å². The first-order chi connectivity index (χ1) is 12.6. The van der Waals surface area contributed by atoms with Gasteiger partial charge in [0.15, 0.2) is 5.12 Å². The number of anilines is 1. The predicted molar refractivity (Wildman–Crippen MR) is 114 cm³/mol. The van der Waals surface area contributed by atoms with Crippen LogP contribution in [0, 0.1) is 16.7 Å². The lowest BCUT2D eigenvalue weighted by molar-refractivity contribution is -0.129. The Morgan fingerprint density at radius 1 is 1.07 bits per heavy atom. The maximum atomic E-state index is 13.3. The van der Waals surface area contributed by atoms with Crippen LogP contribution < -0.4 is 5.32 Å². The summed E-state index contributed by atoms with van der Waals surface area (Å²) >= 11 is 13.5. The average molecular weight is 428 g/mol. The molecule has 0 aromatic heterocycles. The highest BCUT2D eigenvalue weighted by atomic mass is 35.5. The van der Waals surface area contributed by atoms with Crippen LogP contribution in [0.5, 0.6) is 0 Å². The number of carbonyl (C=O) groups excluding carboxylic acids is 2. The Labute approximate surface area is 175 Å². The summed E-state index contributed by atoms with van der Waals surface area (Å²) in [5.74, 6) is 0.550. The lowest BCUT2D eigenvalue weighted by Gasteiger charge is -2.38. The van der Waals surface area contributed by atoms with Crippen LogP contribution in [0.25, 0.3) is 0 Å². The number of nitrogens with one attached hydrogen (secondary N) is 1. The fraction of sp³-hybridized carbons (Fsp3) is 0.619. The second kappa shape index (κ2) is 7.96. The summed E-state index contributed by atoms with van der Waals surface area (Å²) in [5.41, 5.74) is -0.167. The van der Waals surface area contributed by atoms with Gasteiger partial charge in [-0.1, -0.05) is 63.2 Å². The molecule has 0 spiro atoms. The quantitative estimate of drug-likeness (QED) is 0.530. The molecular weight excluding hydrogens is 401 g/mol. The zero-order valence-corrected chi connectivity index (χ0v) is 18.5. The van der Waals surface area contributed by atoms with Crippen LogP contribution in [0.4, 0.5) is 5.69 Å². The molecule has 2 atom stereocenters. The van der Waals surface area contributed by atoms with E-state index in [2.05, 4.69) is 5.32 Å². The zero-order chi connectivity index (χ0) is 19.8. The fourth-order valence-electron chi connectivity index (χ4n) is 4.35. The van der Waals surface area contributed by atoms with Crippen molar-refractivity contribution in [2.75, 3.05) is 5.32 Å². The van der Waals surface area contributed by atoms with Gasteiger partial charge < -0.3 is 5.32 Å². The SMILES string of the molecule is CC(C)(C)C(=O)Sc1cc(Cl)c(Cl)cc1NC(=O)[C@]12CCCC[C@@H]1CCC2. The number of halogens is 2. The van der Waals surface area contributed by atoms with E-state index >= 15 is 0 Å². The molecule has 0 unspecified atom stereocenters. The van der Waals surface area contributed by atoms with Gasteiger partial charge >= 0.3 is 0 Å². The van der Waals surface area contributed by atoms with Crippen LogP contribution in [-0.2, 0) is 9.59 Å². The van der Waals surface area contributed by atoms with Gasteiger partial charge in [-0.15, -0.1) is 0 Å². The Bertz CT molecular complexity index is 759. The second-order valence-electron chi connectivity index (χ2n) is 8.85. The molecule has 1 N–H and O–H groups in total. The molecule has 0 radical (unpaired) electrons. The molecular formula is C21H27Cl2NO2S. The van der Waals surface area contributed by atoms with E-state index in [1.165, 1.54) is 6.42 Å². The van der Waals surface area contributed by atoms with Crippen molar-refractivity contribution >= 4 is 51.7 Å². The molecule has 0 heterocycles. The third-order valence-electron chi connectivity index (χ3n) is 5.92. The Hall–Kier alpha value is -0.710. The maximum Gasteiger partial charge on any atom is 0.230 e. The monoisotopic (exact) mass is 427 g/mol. The molecule has 3 rings (SSSR count). The number of amides is 1. The number of carbonyl (C=O) groups is 2. The molecule has 2 fully saturated rings. The van der Waals surface area contributed by atoms with Crippen LogP contribution in [0.2, 0.25) is 10.0 Å². The third kappa shape index (κ3) is 4.33. The van der Waals surface area contributed by atoms with Crippen LogP contribution in [0.15, 0.2) is 17.0 Å². The summed E-state index contributed by atoms with van der Waals surface area (Å²) in [7, 11) is 0. The van der Waals surface area contributed by atoms with Gasteiger partial charge in [0.1, 0.15) is 0 Å². The topological polar surface area (TPSA) is 46.2 Å². The largest absolute Gasteiger partial charge is 0.325 e. The number of rotatable bonds is 3. The Kier molecular flexibility index (Phi) is 6.20. The van der Waals surface area contributed by atoms with E-state index in [4.69, 9.17) is 23.2 Å². The van der Waals surface area contributed by atoms with Crippen LogP contribution >= 0.6 is 35.0 Å². The van der Waals surface area contributed by atoms with Crippen molar-refractivity contribution in [3.63, 3.8) is 0 Å². The smallest absolute Gasteiger partial charge is 0.230 e. The summed E-state index contributed by atoms with van der Waals surface area (Å²) in [6.45, 7) is 5.63. The average Bonchev–Trinajstić information content (AvgIpc) is 3.03. The molecule has 6 heteroatoms. The second-order valence-corrected chi connectivity index (χ2v) is 10.7. The number of benzene rings is 1. The molecule has 1 aromatic rings.